The zero-order valence-electron chi connectivity index (χ0n) is 29.7. The molecule has 2 fully saturated rings. The lowest BCUT2D eigenvalue weighted by Crippen LogP contribution is -2.67. The van der Waals surface area contributed by atoms with Crippen LogP contribution in [0.25, 0.3) is 0 Å². The zero-order valence-corrected chi connectivity index (χ0v) is 31.7. The molecule has 2 aliphatic heterocycles. The Morgan fingerprint density at radius 2 is 1.57 bits per heavy atom. The van der Waals surface area contributed by atoms with Crippen molar-refractivity contribution in [1.29, 1.82) is 0 Å². The number of carboxylic acids is 1. The maximum Gasteiger partial charge on any atom is 0.303 e. The molecule has 1 N–H and O–H groups in total. The standard InChI is InChI=1S/C34H60O8Si2/c1-31(2,3)43(10,11)39-23-27-26(42-44(12,13)32(4,5)6)20-28-34(8,40-27)21-29(33(7,41-28)19-18-30(35)36)38-22-24-14-16-25(37-9)17-15-24/h14-17,26-29H,18-23H2,1-13H3,(H,35,36)/t26-,27+,28+,29+,33-,34-/m0/s1. The van der Waals surface area contributed by atoms with Gasteiger partial charge >= 0.3 is 5.97 Å². The maximum atomic E-state index is 11.7. The van der Waals surface area contributed by atoms with Crippen molar-refractivity contribution in [3.05, 3.63) is 29.8 Å². The highest BCUT2D eigenvalue weighted by atomic mass is 28.4. The number of carbonyl (C=O) groups is 1. The van der Waals surface area contributed by atoms with Crippen molar-refractivity contribution < 1.29 is 37.7 Å². The van der Waals surface area contributed by atoms with E-state index in [0.717, 1.165) is 11.3 Å². The van der Waals surface area contributed by atoms with Gasteiger partial charge in [-0.15, -0.1) is 0 Å². The molecule has 6 atom stereocenters. The fraction of sp³-hybridized carbons (Fsp3) is 0.794. The fourth-order valence-corrected chi connectivity index (χ4v) is 7.88. The Bertz CT molecular complexity index is 1110. The quantitative estimate of drug-likeness (QED) is 0.228. The minimum Gasteiger partial charge on any atom is -0.497 e. The van der Waals surface area contributed by atoms with Crippen molar-refractivity contribution in [1.82, 2.24) is 0 Å². The van der Waals surface area contributed by atoms with Gasteiger partial charge in [-0.2, -0.15) is 0 Å². The van der Waals surface area contributed by atoms with E-state index in [1.165, 1.54) is 0 Å². The van der Waals surface area contributed by atoms with Gasteiger partial charge in [-0.25, -0.2) is 0 Å². The molecule has 0 amide bonds. The Hall–Kier alpha value is -1.28. The summed E-state index contributed by atoms with van der Waals surface area (Å²) in [5, 5.41) is 9.69. The predicted octanol–water partition coefficient (Wildman–Crippen LogP) is 7.95. The van der Waals surface area contributed by atoms with Gasteiger partial charge in [-0.1, -0.05) is 53.7 Å². The number of ether oxygens (including phenoxy) is 4. The van der Waals surface area contributed by atoms with Gasteiger partial charge in [-0.3, -0.25) is 4.79 Å². The van der Waals surface area contributed by atoms with E-state index < -0.39 is 33.8 Å². The molecule has 0 spiro atoms. The van der Waals surface area contributed by atoms with E-state index in [1.54, 1.807) is 7.11 Å². The summed E-state index contributed by atoms with van der Waals surface area (Å²) in [6.07, 6.45) is 0.471. The molecule has 0 saturated carbocycles. The molecule has 0 radical (unpaired) electrons. The summed E-state index contributed by atoms with van der Waals surface area (Å²) in [6.45, 7) is 27.5. The molecule has 1 aromatic carbocycles. The molecular formula is C34H60O8Si2. The Balaban J connectivity index is 1.91. The number of hydrogen-bond acceptors (Lipinski definition) is 7. The first-order valence-electron chi connectivity index (χ1n) is 16.2. The van der Waals surface area contributed by atoms with Crippen LogP contribution in [-0.4, -0.2) is 77.0 Å². The molecule has 0 aliphatic carbocycles. The Labute approximate surface area is 268 Å². The van der Waals surface area contributed by atoms with Crippen LogP contribution >= 0.6 is 0 Å². The van der Waals surface area contributed by atoms with Crippen LogP contribution < -0.4 is 4.74 Å². The van der Waals surface area contributed by atoms with E-state index in [9.17, 15) is 9.90 Å². The number of methoxy groups -OCH3 is 1. The van der Waals surface area contributed by atoms with Crippen molar-refractivity contribution in [3.63, 3.8) is 0 Å². The summed E-state index contributed by atoms with van der Waals surface area (Å²) in [7, 11) is -2.55. The van der Waals surface area contributed by atoms with Gasteiger partial charge in [0.1, 0.15) is 11.9 Å². The van der Waals surface area contributed by atoms with Crippen LogP contribution in [-0.2, 0) is 34.5 Å². The SMILES string of the molecule is COc1ccc(CO[C@@H]2C[C@]3(C)O[C@H](CO[Si](C)(C)C(C)(C)C)[C@@H](O[Si](C)(C)C(C)(C)C)C[C@H]3O[C@@]2(C)CCC(=O)O)cc1. The van der Waals surface area contributed by atoms with Crippen LogP contribution in [0.5, 0.6) is 5.75 Å². The van der Waals surface area contributed by atoms with Crippen LogP contribution in [0.3, 0.4) is 0 Å². The second-order valence-electron chi connectivity index (χ2n) is 16.4. The second kappa shape index (κ2) is 13.5. The molecule has 3 rings (SSSR count). The maximum absolute atomic E-state index is 11.7. The Morgan fingerprint density at radius 1 is 0.977 bits per heavy atom. The highest BCUT2D eigenvalue weighted by Gasteiger charge is 2.58. The molecule has 1 aromatic rings. The third-order valence-corrected chi connectivity index (χ3v) is 19.8. The molecule has 2 saturated heterocycles. The Kier molecular flexibility index (Phi) is 11.4. The highest BCUT2D eigenvalue weighted by Crippen LogP contribution is 2.49. The minimum absolute atomic E-state index is 0.00391. The molecule has 10 heteroatoms. The van der Waals surface area contributed by atoms with E-state index >= 15 is 0 Å². The van der Waals surface area contributed by atoms with Gasteiger partial charge in [0.25, 0.3) is 0 Å². The van der Waals surface area contributed by atoms with E-state index in [0.29, 0.717) is 32.5 Å². The third-order valence-electron chi connectivity index (χ3n) is 10.8. The largest absolute Gasteiger partial charge is 0.497 e. The summed E-state index contributed by atoms with van der Waals surface area (Å²) >= 11 is 0. The first-order valence-corrected chi connectivity index (χ1v) is 22.0. The van der Waals surface area contributed by atoms with Crippen LogP contribution in [0.2, 0.25) is 36.3 Å². The van der Waals surface area contributed by atoms with E-state index in [-0.39, 0.29) is 40.9 Å². The molecule has 2 heterocycles. The van der Waals surface area contributed by atoms with Crippen molar-refractivity contribution in [2.45, 2.75) is 160 Å². The van der Waals surface area contributed by atoms with Crippen molar-refractivity contribution in [2.75, 3.05) is 13.7 Å². The van der Waals surface area contributed by atoms with Crippen molar-refractivity contribution in [2.24, 2.45) is 0 Å². The topological polar surface area (TPSA) is 92.7 Å². The normalized spacial score (nSPS) is 30.1. The first-order chi connectivity index (χ1) is 20.0. The van der Waals surface area contributed by atoms with Crippen LogP contribution in [0.1, 0.15) is 86.6 Å². The molecule has 0 aromatic heterocycles. The number of benzene rings is 1. The van der Waals surface area contributed by atoms with E-state index in [2.05, 4.69) is 74.7 Å². The summed E-state index contributed by atoms with van der Waals surface area (Å²) in [4.78, 5) is 11.7. The van der Waals surface area contributed by atoms with Gasteiger partial charge in [-0.05, 0) is 74.2 Å². The summed E-state index contributed by atoms with van der Waals surface area (Å²) in [6, 6.07) is 7.79. The van der Waals surface area contributed by atoms with Crippen LogP contribution in [0, 0.1) is 0 Å². The lowest BCUT2D eigenvalue weighted by atomic mass is 9.75. The summed E-state index contributed by atoms with van der Waals surface area (Å²) in [5.74, 6) is -0.0635. The van der Waals surface area contributed by atoms with Gasteiger partial charge in [0.2, 0.25) is 0 Å². The summed E-state index contributed by atoms with van der Waals surface area (Å²) < 4.78 is 39.6. The minimum atomic E-state index is -2.15. The average Bonchev–Trinajstić information content (AvgIpc) is 2.89. The lowest BCUT2D eigenvalue weighted by molar-refractivity contribution is -0.318. The highest BCUT2D eigenvalue weighted by molar-refractivity contribution is 6.74. The molecule has 2 aliphatic rings. The third kappa shape index (κ3) is 8.74. The van der Waals surface area contributed by atoms with E-state index in [4.69, 9.17) is 27.8 Å². The molecule has 0 bridgehead atoms. The van der Waals surface area contributed by atoms with Crippen molar-refractivity contribution in [3.8, 4) is 5.75 Å². The van der Waals surface area contributed by atoms with Gasteiger partial charge in [0.15, 0.2) is 16.6 Å². The van der Waals surface area contributed by atoms with E-state index in [1.807, 2.05) is 31.2 Å². The molecular weight excluding hydrogens is 593 g/mol. The number of rotatable bonds is 12. The van der Waals surface area contributed by atoms with Crippen LogP contribution in [0.15, 0.2) is 24.3 Å². The Morgan fingerprint density at radius 3 is 2.09 bits per heavy atom. The fourth-order valence-electron chi connectivity index (χ4n) is 5.50. The molecule has 252 valence electrons. The first kappa shape index (κ1) is 37.2. The number of fused-ring (bicyclic) bond motifs is 1. The zero-order chi connectivity index (χ0) is 33.4. The average molecular weight is 653 g/mol. The number of hydrogen-bond donors (Lipinski definition) is 1. The number of aliphatic carboxylic acids is 1. The van der Waals surface area contributed by atoms with Gasteiger partial charge in [0, 0.05) is 19.3 Å². The molecule has 44 heavy (non-hydrogen) atoms. The predicted molar refractivity (Wildman–Crippen MR) is 179 cm³/mol. The molecule has 0 unspecified atom stereocenters. The second-order valence-corrected chi connectivity index (χ2v) is 25.9. The van der Waals surface area contributed by atoms with Gasteiger partial charge < -0.3 is 32.9 Å². The number of carboxylic acid groups (broad SMARTS) is 1. The van der Waals surface area contributed by atoms with Crippen LogP contribution in [0.4, 0.5) is 0 Å². The summed E-state index contributed by atoms with van der Waals surface area (Å²) in [5.41, 5.74) is -0.446. The van der Waals surface area contributed by atoms with Gasteiger partial charge in [0.05, 0.1) is 49.8 Å². The monoisotopic (exact) mass is 652 g/mol. The van der Waals surface area contributed by atoms with Crippen molar-refractivity contribution >= 4 is 22.6 Å². The lowest BCUT2D eigenvalue weighted by Gasteiger charge is -2.58. The smallest absolute Gasteiger partial charge is 0.303 e. The molecule has 8 nitrogen and oxygen atoms in total.